The SMILES string of the molecule is Nc1ccc(CC2(NCC(O)c3ccc(O)c4c3OCC(=O)N4)CC2)cc1. The van der Waals surface area contributed by atoms with Crippen LogP contribution in [0.5, 0.6) is 11.5 Å². The topological polar surface area (TPSA) is 117 Å². The summed E-state index contributed by atoms with van der Waals surface area (Å²) in [7, 11) is 0. The van der Waals surface area contributed by atoms with Gasteiger partial charge in [0.1, 0.15) is 11.4 Å². The van der Waals surface area contributed by atoms with Gasteiger partial charge in [0.05, 0.1) is 6.10 Å². The molecule has 0 saturated heterocycles. The van der Waals surface area contributed by atoms with Crippen molar-refractivity contribution in [1.82, 2.24) is 5.32 Å². The van der Waals surface area contributed by atoms with E-state index in [0.29, 0.717) is 17.9 Å². The van der Waals surface area contributed by atoms with Crippen LogP contribution in [0.25, 0.3) is 0 Å². The first kappa shape index (κ1) is 17.6. The number of β-amino-alcohol motifs (C(OH)–C–C–N with tert-alkyl or cyclic N) is 1. The summed E-state index contributed by atoms with van der Waals surface area (Å²) in [6, 6.07) is 10.9. The van der Waals surface area contributed by atoms with Gasteiger partial charge in [0.2, 0.25) is 0 Å². The Balaban J connectivity index is 1.44. The Morgan fingerprint density at radius 1 is 1.22 bits per heavy atom. The number of phenolic OH excluding ortho intramolecular Hbond substituents is 1. The molecule has 1 aliphatic heterocycles. The highest BCUT2D eigenvalue weighted by Crippen LogP contribution is 2.42. The van der Waals surface area contributed by atoms with Crippen molar-refractivity contribution in [2.24, 2.45) is 0 Å². The molecule has 2 aromatic rings. The van der Waals surface area contributed by atoms with E-state index in [1.165, 1.54) is 11.6 Å². The molecule has 1 atom stereocenters. The van der Waals surface area contributed by atoms with E-state index in [-0.39, 0.29) is 29.5 Å². The van der Waals surface area contributed by atoms with Crippen LogP contribution in [0.3, 0.4) is 0 Å². The van der Waals surface area contributed by atoms with Crippen LogP contribution in [0, 0.1) is 0 Å². The van der Waals surface area contributed by atoms with Crippen molar-refractivity contribution in [1.29, 1.82) is 0 Å². The molecule has 2 aromatic carbocycles. The first-order valence-electron chi connectivity index (χ1n) is 9.02. The molecule has 0 radical (unpaired) electrons. The smallest absolute Gasteiger partial charge is 0.262 e. The molecule has 1 unspecified atom stereocenters. The molecule has 6 N–H and O–H groups in total. The van der Waals surface area contributed by atoms with E-state index in [1.54, 1.807) is 6.07 Å². The van der Waals surface area contributed by atoms with Crippen molar-refractivity contribution in [2.45, 2.75) is 30.9 Å². The Hall–Kier alpha value is -2.77. The molecule has 1 heterocycles. The zero-order valence-electron chi connectivity index (χ0n) is 14.9. The first-order valence-corrected chi connectivity index (χ1v) is 9.02. The summed E-state index contributed by atoms with van der Waals surface area (Å²) in [5.74, 6) is -0.0840. The summed E-state index contributed by atoms with van der Waals surface area (Å²) in [4.78, 5) is 11.5. The molecule has 1 saturated carbocycles. The highest BCUT2D eigenvalue weighted by atomic mass is 16.5. The number of nitrogens with two attached hydrogens (primary N) is 1. The Labute approximate surface area is 157 Å². The fraction of sp³-hybridized carbons (Fsp3) is 0.350. The molecule has 1 amide bonds. The minimum Gasteiger partial charge on any atom is -0.506 e. The Morgan fingerprint density at radius 2 is 1.96 bits per heavy atom. The number of hydrogen-bond acceptors (Lipinski definition) is 6. The number of carbonyl (C=O) groups is 1. The molecule has 0 bridgehead atoms. The lowest BCUT2D eigenvalue weighted by Gasteiger charge is -2.25. The summed E-state index contributed by atoms with van der Waals surface area (Å²) < 4.78 is 5.45. The Morgan fingerprint density at radius 3 is 2.67 bits per heavy atom. The quantitative estimate of drug-likeness (QED) is 0.391. The molecule has 0 spiro atoms. The average molecular weight is 369 g/mol. The number of fused-ring (bicyclic) bond motifs is 1. The van der Waals surface area contributed by atoms with Crippen molar-refractivity contribution in [3.8, 4) is 11.5 Å². The van der Waals surface area contributed by atoms with Crippen LogP contribution in [0.15, 0.2) is 36.4 Å². The molecule has 4 rings (SSSR count). The maximum Gasteiger partial charge on any atom is 0.262 e. The van der Waals surface area contributed by atoms with Gasteiger partial charge < -0.3 is 31.3 Å². The fourth-order valence-corrected chi connectivity index (χ4v) is 3.46. The van der Waals surface area contributed by atoms with Gasteiger partial charge in [0.15, 0.2) is 12.4 Å². The normalized spacial score (nSPS) is 18.2. The predicted molar refractivity (Wildman–Crippen MR) is 102 cm³/mol. The van der Waals surface area contributed by atoms with Crippen molar-refractivity contribution in [2.75, 3.05) is 24.2 Å². The van der Waals surface area contributed by atoms with Crippen LogP contribution in [0.2, 0.25) is 0 Å². The second-order valence-corrected chi connectivity index (χ2v) is 7.31. The molecule has 7 heteroatoms. The summed E-state index contributed by atoms with van der Waals surface area (Å²) >= 11 is 0. The fourth-order valence-electron chi connectivity index (χ4n) is 3.46. The van der Waals surface area contributed by atoms with Crippen LogP contribution in [-0.2, 0) is 11.2 Å². The number of anilines is 2. The van der Waals surface area contributed by atoms with Gasteiger partial charge in [-0.2, -0.15) is 0 Å². The van der Waals surface area contributed by atoms with Crippen LogP contribution in [0.4, 0.5) is 11.4 Å². The predicted octanol–water partition coefficient (Wildman–Crippen LogP) is 1.70. The van der Waals surface area contributed by atoms with Crippen molar-refractivity contribution in [3.05, 3.63) is 47.5 Å². The molecule has 142 valence electrons. The third-order valence-corrected chi connectivity index (χ3v) is 5.18. The second-order valence-electron chi connectivity index (χ2n) is 7.31. The van der Waals surface area contributed by atoms with E-state index in [2.05, 4.69) is 10.6 Å². The lowest BCUT2D eigenvalue weighted by Crippen LogP contribution is -2.37. The largest absolute Gasteiger partial charge is 0.506 e. The zero-order valence-corrected chi connectivity index (χ0v) is 14.9. The lowest BCUT2D eigenvalue weighted by molar-refractivity contribution is -0.118. The molecule has 1 fully saturated rings. The van der Waals surface area contributed by atoms with Crippen molar-refractivity contribution >= 4 is 17.3 Å². The van der Waals surface area contributed by atoms with Gasteiger partial charge in [-0.1, -0.05) is 12.1 Å². The van der Waals surface area contributed by atoms with Crippen LogP contribution < -0.4 is 21.1 Å². The third kappa shape index (κ3) is 3.70. The van der Waals surface area contributed by atoms with E-state index >= 15 is 0 Å². The number of hydrogen-bond donors (Lipinski definition) is 5. The molecular weight excluding hydrogens is 346 g/mol. The Kier molecular flexibility index (Phi) is 4.41. The van der Waals surface area contributed by atoms with Crippen LogP contribution in [-0.4, -0.2) is 34.8 Å². The highest BCUT2D eigenvalue weighted by Gasteiger charge is 2.42. The van der Waals surface area contributed by atoms with E-state index in [4.69, 9.17) is 10.5 Å². The van der Waals surface area contributed by atoms with Gasteiger partial charge in [-0.25, -0.2) is 0 Å². The maximum atomic E-state index is 11.5. The number of aliphatic hydroxyl groups is 1. The minimum absolute atomic E-state index is 0.0108. The Bertz CT molecular complexity index is 862. The number of rotatable bonds is 6. The minimum atomic E-state index is -0.821. The van der Waals surface area contributed by atoms with Gasteiger partial charge in [-0.3, -0.25) is 4.79 Å². The van der Waals surface area contributed by atoms with Gasteiger partial charge in [0, 0.05) is 23.3 Å². The van der Waals surface area contributed by atoms with E-state index in [0.717, 1.165) is 24.9 Å². The number of nitrogens with one attached hydrogen (secondary N) is 2. The van der Waals surface area contributed by atoms with E-state index in [1.807, 2.05) is 24.3 Å². The van der Waals surface area contributed by atoms with Gasteiger partial charge in [-0.05, 0) is 49.1 Å². The summed E-state index contributed by atoms with van der Waals surface area (Å²) in [6.07, 6.45) is 2.15. The first-order chi connectivity index (χ1) is 13.0. The standard InChI is InChI=1S/C20H23N3O4/c21-13-3-1-12(2-4-13)9-20(7-8-20)22-10-16(25)14-5-6-15(24)18-19(14)27-11-17(26)23-18/h1-6,16,22,24-25H,7-11,21H2,(H,23,26). The molecule has 27 heavy (non-hydrogen) atoms. The third-order valence-electron chi connectivity index (χ3n) is 5.18. The summed E-state index contributed by atoms with van der Waals surface area (Å²) in [5, 5.41) is 26.7. The maximum absolute atomic E-state index is 11.5. The van der Waals surface area contributed by atoms with Gasteiger partial charge in [0.25, 0.3) is 5.91 Å². The number of amides is 1. The molecule has 1 aliphatic carbocycles. The molecule has 0 aromatic heterocycles. The number of carbonyl (C=O) groups excluding carboxylic acids is 1. The van der Waals surface area contributed by atoms with E-state index < -0.39 is 6.10 Å². The monoisotopic (exact) mass is 369 g/mol. The lowest BCUT2D eigenvalue weighted by atomic mass is 10.0. The summed E-state index contributed by atoms with van der Waals surface area (Å²) in [5.41, 5.74) is 8.43. The van der Waals surface area contributed by atoms with Crippen molar-refractivity contribution in [3.63, 3.8) is 0 Å². The number of aliphatic hydroxyl groups excluding tert-OH is 1. The molecular formula is C20H23N3O4. The highest BCUT2D eigenvalue weighted by molar-refractivity contribution is 5.97. The number of benzene rings is 2. The number of ether oxygens (including phenoxy) is 1. The van der Waals surface area contributed by atoms with Gasteiger partial charge in [-0.15, -0.1) is 0 Å². The number of nitrogen functional groups attached to an aromatic ring is 1. The van der Waals surface area contributed by atoms with Crippen LogP contribution in [0.1, 0.15) is 30.1 Å². The number of phenols is 1. The van der Waals surface area contributed by atoms with Crippen molar-refractivity contribution < 1.29 is 19.7 Å². The number of aromatic hydroxyl groups is 1. The second kappa shape index (κ2) is 6.75. The van der Waals surface area contributed by atoms with E-state index in [9.17, 15) is 15.0 Å². The van der Waals surface area contributed by atoms with Crippen LogP contribution >= 0.6 is 0 Å². The zero-order chi connectivity index (χ0) is 19.0. The average Bonchev–Trinajstić information content (AvgIpc) is 3.42. The summed E-state index contributed by atoms with van der Waals surface area (Å²) in [6.45, 7) is 0.216. The molecule has 2 aliphatic rings. The van der Waals surface area contributed by atoms with Gasteiger partial charge >= 0.3 is 0 Å². The molecule has 7 nitrogen and oxygen atoms in total.